The summed E-state index contributed by atoms with van der Waals surface area (Å²) in [5.74, 6) is 0.124. The summed E-state index contributed by atoms with van der Waals surface area (Å²) < 4.78 is 0.897. The number of likely N-dealkylation sites (N-methyl/N-ethyl adjacent to an activating group) is 1. The van der Waals surface area contributed by atoms with Crippen LogP contribution in [-0.4, -0.2) is 43.0 Å². The van der Waals surface area contributed by atoms with Crippen LogP contribution in [0.4, 0.5) is 5.69 Å². The molecule has 110 valence electrons. The molecule has 1 aliphatic rings. The van der Waals surface area contributed by atoms with Gasteiger partial charge in [0.25, 0.3) is 0 Å². The number of amidine groups is 1. The second-order valence-corrected chi connectivity index (χ2v) is 6.01. The first kappa shape index (κ1) is 15.3. The molecule has 0 bridgehead atoms. The molecule has 0 aromatic heterocycles. The molecule has 1 saturated heterocycles. The van der Waals surface area contributed by atoms with Crippen LogP contribution in [0.15, 0.2) is 22.7 Å². The van der Waals surface area contributed by atoms with E-state index in [0.717, 1.165) is 41.9 Å². The molecule has 1 aromatic rings. The molecule has 0 amide bonds. The number of nitrogens with one attached hydrogen (secondary N) is 1. The minimum Gasteiger partial charge on any atom is -0.384 e. The lowest BCUT2D eigenvalue weighted by molar-refractivity contribution is 0.232. The van der Waals surface area contributed by atoms with Crippen molar-refractivity contribution < 1.29 is 0 Å². The third kappa shape index (κ3) is 2.99. The minimum atomic E-state index is 0.124. The first-order chi connectivity index (χ1) is 9.58. The minimum absolute atomic E-state index is 0.124. The smallest absolute Gasteiger partial charge is 0.126 e. The van der Waals surface area contributed by atoms with Gasteiger partial charge in [0.1, 0.15) is 5.84 Å². The molecule has 5 heteroatoms. The zero-order valence-corrected chi connectivity index (χ0v) is 13.8. The lowest BCUT2D eigenvalue weighted by Crippen LogP contribution is -2.37. The third-order valence-electron chi connectivity index (χ3n) is 4.09. The van der Waals surface area contributed by atoms with Gasteiger partial charge in [-0.15, -0.1) is 0 Å². The van der Waals surface area contributed by atoms with Gasteiger partial charge in [-0.1, -0.05) is 19.9 Å². The van der Waals surface area contributed by atoms with Crippen molar-refractivity contribution in [3.05, 3.63) is 28.2 Å². The van der Waals surface area contributed by atoms with Gasteiger partial charge in [-0.3, -0.25) is 10.3 Å². The molecule has 1 heterocycles. The highest BCUT2D eigenvalue weighted by molar-refractivity contribution is 9.10. The fourth-order valence-electron chi connectivity index (χ4n) is 3.04. The maximum absolute atomic E-state index is 7.80. The molecule has 1 atom stereocenters. The Bertz CT molecular complexity index is 485. The van der Waals surface area contributed by atoms with Gasteiger partial charge in [0.15, 0.2) is 0 Å². The van der Waals surface area contributed by atoms with E-state index in [0.29, 0.717) is 6.04 Å². The van der Waals surface area contributed by atoms with E-state index in [2.05, 4.69) is 45.6 Å². The summed E-state index contributed by atoms with van der Waals surface area (Å²) in [6.45, 7) is 8.65. The number of halogens is 1. The second kappa shape index (κ2) is 6.59. The Morgan fingerprint density at radius 2 is 2.15 bits per heavy atom. The average molecular weight is 339 g/mol. The quantitative estimate of drug-likeness (QED) is 0.641. The van der Waals surface area contributed by atoms with Crippen molar-refractivity contribution in [3.8, 4) is 0 Å². The Kier molecular flexibility index (Phi) is 5.05. The van der Waals surface area contributed by atoms with Gasteiger partial charge >= 0.3 is 0 Å². The lowest BCUT2D eigenvalue weighted by Gasteiger charge is -2.27. The standard InChI is InChI=1S/C15H23BrN4/c1-3-19(4-2)11-8-9-20(10-11)13-7-5-6-12(16)14(13)15(17)18/h5-7,11H,3-4,8-10H2,1-2H3,(H3,17,18). The summed E-state index contributed by atoms with van der Waals surface area (Å²) in [6.07, 6.45) is 1.17. The van der Waals surface area contributed by atoms with Crippen molar-refractivity contribution in [2.75, 3.05) is 31.1 Å². The predicted octanol–water partition coefficient (Wildman–Crippen LogP) is 2.65. The van der Waals surface area contributed by atoms with Crippen molar-refractivity contribution in [1.29, 1.82) is 5.41 Å². The number of nitrogens with zero attached hydrogens (tertiary/aromatic N) is 2. The zero-order chi connectivity index (χ0) is 14.7. The van der Waals surface area contributed by atoms with Gasteiger partial charge in [0, 0.05) is 29.3 Å². The molecule has 1 aromatic carbocycles. The third-order valence-corrected chi connectivity index (χ3v) is 4.75. The highest BCUT2D eigenvalue weighted by Crippen LogP contribution is 2.30. The summed E-state index contributed by atoms with van der Waals surface area (Å²) in [5, 5.41) is 7.80. The average Bonchev–Trinajstić information content (AvgIpc) is 2.89. The second-order valence-electron chi connectivity index (χ2n) is 5.16. The Labute approximate surface area is 129 Å². The monoisotopic (exact) mass is 338 g/mol. The topological polar surface area (TPSA) is 56.4 Å². The molecule has 0 saturated carbocycles. The molecule has 3 N–H and O–H groups in total. The first-order valence-corrected chi connectivity index (χ1v) is 7.99. The molecule has 1 aliphatic heterocycles. The number of rotatable bonds is 5. The summed E-state index contributed by atoms with van der Waals surface area (Å²) >= 11 is 3.51. The van der Waals surface area contributed by atoms with E-state index in [1.54, 1.807) is 0 Å². The van der Waals surface area contributed by atoms with E-state index >= 15 is 0 Å². The van der Waals surface area contributed by atoms with Crippen molar-refractivity contribution in [2.45, 2.75) is 26.3 Å². The van der Waals surface area contributed by atoms with Gasteiger partial charge in [-0.05, 0) is 47.6 Å². The highest BCUT2D eigenvalue weighted by atomic mass is 79.9. The fourth-order valence-corrected chi connectivity index (χ4v) is 3.61. The highest BCUT2D eigenvalue weighted by Gasteiger charge is 2.28. The normalized spacial score (nSPS) is 18.8. The van der Waals surface area contributed by atoms with Crippen LogP contribution in [0.3, 0.4) is 0 Å². The predicted molar refractivity (Wildman–Crippen MR) is 88.7 cm³/mol. The Morgan fingerprint density at radius 3 is 2.75 bits per heavy atom. The Balaban J connectivity index is 2.22. The maximum Gasteiger partial charge on any atom is 0.126 e. The van der Waals surface area contributed by atoms with Crippen LogP contribution >= 0.6 is 15.9 Å². The van der Waals surface area contributed by atoms with E-state index in [4.69, 9.17) is 11.1 Å². The van der Waals surface area contributed by atoms with Gasteiger partial charge in [-0.25, -0.2) is 0 Å². The molecular weight excluding hydrogens is 316 g/mol. The molecule has 1 fully saturated rings. The van der Waals surface area contributed by atoms with Gasteiger partial charge in [0.2, 0.25) is 0 Å². The number of benzene rings is 1. The number of hydrogen-bond acceptors (Lipinski definition) is 3. The van der Waals surface area contributed by atoms with Crippen LogP contribution in [-0.2, 0) is 0 Å². The van der Waals surface area contributed by atoms with Crippen molar-refractivity contribution in [2.24, 2.45) is 5.73 Å². The Morgan fingerprint density at radius 1 is 1.45 bits per heavy atom. The molecule has 4 nitrogen and oxygen atoms in total. The number of nitrogen functional groups attached to an aromatic ring is 1. The van der Waals surface area contributed by atoms with Gasteiger partial charge in [-0.2, -0.15) is 0 Å². The molecule has 0 aliphatic carbocycles. The lowest BCUT2D eigenvalue weighted by atomic mass is 10.1. The molecule has 0 spiro atoms. The van der Waals surface area contributed by atoms with Crippen LogP contribution < -0.4 is 10.6 Å². The SMILES string of the molecule is CCN(CC)C1CCN(c2cccc(Br)c2C(=N)N)C1. The summed E-state index contributed by atoms with van der Waals surface area (Å²) in [6, 6.07) is 6.62. The molecule has 0 radical (unpaired) electrons. The van der Waals surface area contributed by atoms with Crippen LogP contribution in [0.5, 0.6) is 0 Å². The molecular formula is C15H23BrN4. The number of hydrogen-bond donors (Lipinski definition) is 2. The van der Waals surface area contributed by atoms with Crippen LogP contribution in [0.2, 0.25) is 0 Å². The summed E-state index contributed by atoms with van der Waals surface area (Å²) in [4.78, 5) is 4.86. The van der Waals surface area contributed by atoms with E-state index in [9.17, 15) is 0 Å². The van der Waals surface area contributed by atoms with Crippen molar-refractivity contribution >= 4 is 27.5 Å². The molecule has 20 heavy (non-hydrogen) atoms. The van der Waals surface area contributed by atoms with Crippen LogP contribution in [0.25, 0.3) is 0 Å². The molecule has 1 unspecified atom stereocenters. The van der Waals surface area contributed by atoms with Crippen LogP contribution in [0, 0.1) is 5.41 Å². The first-order valence-electron chi connectivity index (χ1n) is 7.20. The van der Waals surface area contributed by atoms with E-state index in [-0.39, 0.29) is 5.84 Å². The summed E-state index contributed by atoms with van der Waals surface area (Å²) in [5.41, 5.74) is 7.63. The number of anilines is 1. The Hall–Kier alpha value is -1.07. The number of nitrogens with two attached hydrogens (primary N) is 1. The van der Waals surface area contributed by atoms with E-state index in [1.165, 1.54) is 6.42 Å². The largest absolute Gasteiger partial charge is 0.384 e. The van der Waals surface area contributed by atoms with Crippen molar-refractivity contribution in [1.82, 2.24) is 4.90 Å². The van der Waals surface area contributed by atoms with E-state index < -0.39 is 0 Å². The van der Waals surface area contributed by atoms with Crippen LogP contribution in [0.1, 0.15) is 25.8 Å². The summed E-state index contributed by atoms with van der Waals surface area (Å²) in [7, 11) is 0. The van der Waals surface area contributed by atoms with Gasteiger partial charge < -0.3 is 10.6 Å². The van der Waals surface area contributed by atoms with Gasteiger partial charge in [0.05, 0.1) is 5.56 Å². The molecule has 2 rings (SSSR count). The zero-order valence-electron chi connectivity index (χ0n) is 12.2. The fraction of sp³-hybridized carbons (Fsp3) is 0.533. The van der Waals surface area contributed by atoms with Crippen molar-refractivity contribution in [3.63, 3.8) is 0 Å². The van der Waals surface area contributed by atoms with E-state index in [1.807, 2.05) is 12.1 Å². The maximum atomic E-state index is 7.80.